The number of hydrogen-bond acceptors (Lipinski definition) is 4. The summed E-state index contributed by atoms with van der Waals surface area (Å²) in [5.74, 6) is 0. The van der Waals surface area contributed by atoms with E-state index in [2.05, 4.69) is 17.4 Å². The Kier molecular flexibility index (Phi) is 6.91. The van der Waals surface area contributed by atoms with E-state index in [0.29, 0.717) is 52.0 Å². The molecule has 0 aliphatic carbocycles. The van der Waals surface area contributed by atoms with E-state index in [-0.39, 0.29) is 12.1 Å². The summed E-state index contributed by atoms with van der Waals surface area (Å²) in [4.78, 5) is 28.0. The van der Waals surface area contributed by atoms with Gasteiger partial charge < -0.3 is 25.0 Å². The number of hydrogen-bond donors (Lipinski definition) is 2. The van der Waals surface area contributed by atoms with E-state index >= 15 is 0 Å². The third kappa shape index (κ3) is 6.11. The number of piperidine rings is 1. The van der Waals surface area contributed by atoms with Gasteiger partial charge in [0.25, 0.3) is 0 Å². The number of likely N-dealkylation sites (tertiary alicyclic amines) is 1. The lowest BCUT2D eigenvalue weighted by molar-refractivity contribution is -0.0376. The molecule has 2 N–H and O–H groups in total. The Morgan fingerprint density at radius 3 is 2.23 bits per heavy atom. The standard InChI is InChI=1S/C23H35N3O4/c1-22(2,3)30-21(28)25-14-11-23(29,12-15-25)10-6-7-13-24-20(27)26-16-18-8-4-5-9-19(18)17-26/h4-5,8-9,29H,6-7,10-17H2,1-3H3,(H,24,27). The molecule has 30 heavy (non-hydrogen) atoms. The zero-order valence-electron chi connectivity index (χ0n) is 18.4. The minimum atomic E-state index is -0.737. The van der Waals surface area contributed by atoms with E-state index in [1.54, 1.807) is 4.90 Å². The molecular weight excluding hydrogens is 382 g/mol. The van der Waals surface area contributed by atoms with E-state index in [1.165, 1.54) is 11.1 Å². The number of urea groups is 1. The minimum Gasteiger partial charge on any atom is -0.444 e. The Labute approximate surface area is 179 Å². The second-order valence-electron chi connectivity index (χ2n) is 9.51. The summed E-state index contributed by atoms with van der Waals surface area (Å²) < 4.78 is 5.40. The third-order valence-electron chi connectivity index (χ3n) is 5.82. The van der Waals surface area contributed by atoms with Gasteiger partial charge in [-0.2, -0.15) is 0 Å². The number of ether oxygens (including phenoxy) is 1. The fourth-order valence-corrected chi connectivity index (χ4v) is 4.04. The first-order chi connectivity index (χ1) is 14.2. The molecule has 0 atom stereocenters. The van der Waals surface area contributed by atoms with Crippen LogP contribution in [0.25, 0.3) is 0 Å². The van der Waals surface area contributed by atoms with Crippen molar-refractivity contribution in [3.8, 4) is 0 Å². The van der Waals surface area contributed by atoms with Crippen LogP contribution in [0.5, 0.6) is 0 Å². The molecule has 1 aromatic rings. The van der Waals surface area contributed by atoms with Crippen molar-refractivity contribution in [2.24, 2.45) is 0 Å². The number of unbranched alkanes of at least 4 members (excludes halogenated alkanes) is 1. The Hall–Kier alpha value is -2.28. The van der Waals surface area contributed by atoms with E-state index in [4.69, 9.17) is 4.74 Å². The molecule has 0 saturated carbocycles. The van der Waals surface area contributed by atoms with Gasteiger partial charge >= 0.3 is 12.1 Å². The van der Waals surface area contributed by atoms with Gasteiger partial charge in [0, 0.05) is 32.7 Å². The number of aliphatic hydroxyl groups is 1. The van der Waals surface area contributed by atoms with Crippen molar-refractivity contribution < 1.29 is 19.4 Å². The Bertz CT molecular complexity index is 726. The number of nitrogens with zero attached hydrogens (tertiary/aromatic N) is 2. The maximum absolute atomic E-state index is 12.4. The lowest BCUT2D eigenvalue weighted by Gasteiger charge is -2.38. The molecule has 2 aliphatic rings. The molecule has 7 heteroatoms. The SMILES string of the molecule is CC(C)(C)OC(=O)N1CCC(O)(CCCCNC(=O)N2Cc3ccccc3C2)CC1. The van der Waals surface area contributed by atoms with Crippen LogP contribution >= 0.6 is 0 Å². The van der Waals surface area contributed by atoms with Gasteiger partial charge in [-0.3, -0.25) is 0 Å². The normalized spacial score (nSPS) is 18.1. The van der Waals surface area contributed by atoms with Crippen LogP contribution in [0.15, 0.2) is 24.3 Å². The predicted octanol–water partition coefficient (Wildman–Crippen LogP) is 3.64. The highest BCUT2D eigenvalue weighted by atomic mass is 16.6. The molecule has 7 nitrogen and oxygen atoms in total. The first-order valence-electron chi connectivity index (χ1n) is 11.0. The second kappa shape index (κ2) is 9.25. The van der Waals surface area contributed by atoms with Gasteiger partial charge in [0.1, 0.15) is 5.60 Å². The molecule has 2 heterocycles. The van der Waals surface area contributed by atoms with Crippen LogP contribution in [0, 0.1) is 0 Å². The van der Waals surface area contributed by atoms with E-state index in [9.17, 15) is 14.7 Å². The van der Waals surface area contributed by atoms with Crippen molar-refractivity contribution >= 4 is 12.1 Å². The molecule has 0 radical (unpaired) electrons. The van der Waals surface area contributed by atoms with Gasteiger partial charge in [-0.25, -0.2) is 9.59 Å². The molecule has 0 spiro atoms. The summed E-state index contributed by atoms with van der Waals surface area (Å²) >= 11 is 0. The van der Waals surface area contributed by atoms with E-state index < -0.39 is 11.2 Å². The zero-order chi connectivity index (χ0) is 21.8. The Balaban J connectivity index is 1.30. The van der Waals surface area contributed by atoms with Crippen molar-refractivity contribution in [1.82, 2.24) is 15.1 Å². The number of rotatable bonds is 5. The van der Waals surface area contributed by atoms with Gasteiger partial charge in [0.2, 0.25) is 0 Å². The zero-order valence-corrected chi connectivity index (χ0v) is 18.4. The predicted molar refractivity (Wildman–Crippen MR) is 115 cm³/mol. The fraction of sp³-hybridized carbons (Fsp3) is 0.652. The maximum Gasteiger partial charge on any atom is 0.410 e. The lowest BCUT2D eigenvalue weighted by Crippen LogP contribution is -2.48. The number of fused-ring (bicyclic) bond motifs is 1. The highest BCUT2D eigenvalue weighted by Gasteiger charge is 2.34. The average Bonchev–Trinajstić information content (AvgIpc) is 3.11. The summed E-state index contributed by atoms with van der Waals surface area (Å²) in [6.45, 7) is 8.51. The number of carbonyl (C=O) groups excluding carboxylic acids is 2. The quantitative estimate of drug-likeness (QED) is 0.717. The maximum atomic E-state index is 12.4. The largest absolute Gasteiger partial charge is 0.444 e. The molecule has 1 fully saturated rings. The van der Waals surface area contributed by atoms with Gasteiger partial charge in [-0.05, 0) is 64.0 Å². The molecule has 1 saturated heterocycles. The summed E-state index contributed by atoms with van der Waals surface area (Å²) in [6, 6.07) is 8.11. The van der Waals surface area contributed by atoms with Crippen molar-refractivity contribution in [3.63, 3.8) is 0 Å². The molecule has 0 bridgehead atoms. The Morgan fingerprint density at radius 1 is 1.07 bits per heavy atom. The summed E-state index contributed by atoms with van der Waals surface area (Å²) in [5, 5.41) is 13.8. The van der Waals surface area contributed by atoms with Crippen LogP contribution in [0.3, 0.4) is 0 Å². The highest BCUT2D eigenvalue weighted by Crippen LogP contribution is 2.28. The molecular formula is C23H35N3O4. The van der Waals surface area contributed by atoms with Crippen LogP contribution < -0.4 is 5.32 Å². The molecule has 3 rings (SSSR count). The smallest absolute Gasteiger partial charge is 0.410 e. The van der Waals surface area contributed by atoms with Crippen molar-refractivity contribution in [3.05, 3.63) is 35.4 Å². The molecule has 1 aromatic carbocycles. The highest BCUT2D eigenvalue weighted by molar-refractivity contribution is 5.75. The van der Waals surface area contributed by atoms with Gasteiger partial charge in [0.05, 0.1) is 5.60 Å². The fourth-order valence-electron chi connectivity index (χ4n) is 4.04. The van der Waals surface area contributed by atoms with Crippen LogP contribution in [0.2, 0.25) is 0 Å². The minimum absolute atomic E-state index is 0.0319. The summed E-state index contributed by atoms with van der Waals surface area (Å²) in [5.41, 5.74) is 1.19. The topological polar surface area (TPSA) is 82.1 Å². The van der Waals surface area contributed by atoms with Gasteiger partial charge in [0.15, 0.2) is 0 Å². The summed E-state index contributed by atoms with van der Waals surface area (Å²) in [7, 11) is 0. The van der Waals surface area contributed by atoms with Gasteiger partial charge in [-0.1, -0.05) is 24.3 Å². The van der Waals surface area contributed by atoms with Crippen molar-refractivity contribution in [1.29, 1.82) is 0 Å². The Morgan fingerprint density at radius 2 is 1.67 bits per heavy atom. The molecule has 0 aromatic heterocycles. The van der Waals surface area contributed by atoms with Crippen LogP contribution in [-0.2, 0) is 17.8 Å². The molecule has 0 unspecified atom stereocenters. The lowest BCUT2D eigenvalue weighted by atomic mass is 9.86. The molecule has 2 aliphatic heterocycles. The first kappa shape index (κ1) is 22.4. The molecule has 166 valence electrons. The third-order valence-corrected chi connectivity index (χ3v) is 5.82. The number of carbonyl (C=O) groups is 2. The van der Waals surface area contributed by atoms with Gasteiger partial charge in [-0.15, -0.1) is 0 Å². The van der Waals surface area contributed by atoms with Crippen LogP contribution in [0.4, 0.5) is 9.59 Å². The second-order valence-corrected chi connectivity index (χ2v) is 9.51. The molecule has 3 amide bonds. The van der Waals surface area contributed by atoms with E-state index in [0.717, 1.165) is 12.8 Å². The van der Waals surface area contributed by atoms with Crippen molar-refractivity contribution in [2.75, 3.05) is 19.6 Å². The first-order valence-corrected chi connectivity index (χ1v) is 11.0. The average molecular weight is 418 g/mol. The number of benzene rings is 1. The monoisotopic (exact) mass is 417 g/mol. The van der Waals surface area contributed by atoms with Crippen LogP contribution in [0.1, 0.15) is 64.0 Å². The summed E-state index contributed by atoms with van der Waals surface area (Å²) in [6.07, 6.45) is 3.15. The number of nitrogens with one attached hydrogen (secondary N) is 1. The van der Waals surface area contributed by atoms with Crippen molar-refractivity contribution in [2.45, 2.75) is 77.2 Å². The number of amides is 3. The van der Waals surface area contributed by atoms with E-state index in [1.807, 2.05) is 37.8 Å². The van der Waals surface area contributed by atoms with Crippen LogP contribution in [-0.4, -0.2) is 57.9 Å².